The van der Waals surface area contributed by atoms with Gasteiger partial charge in [-0.05, 0) is 41.8 Å². The first-order chi connectivity index (χ1) is 16.4. The molecule has 0 bridgehead atoms. The first kappa shape index (κ1) is 22.3. The van der Waals surface area contributed by atoms with Crippen LogP contribution in [-0.4, -0.2) is 31.8 Å². The van der Waals surface area contributed by atoms with Crippen LogP contribution in [0.15, 0.2) is 86.9 Å². The van der Waals surface area contributed by atoms with Gasteiger partial charge in [0.1, 0.15) is 12.2 Å². The molecule has 174 valence electrons. The second-order valence-electron chi connectivity index (χ2n) is 8.35. The Balaban J connectivity index is 1.29. The van der Waals surface area contributed by atoms with Crippen molar-refractivity contribution >= 4 is 37.7 Å². The molecule has 0 N–H and O–H groups in total. The van der Waals surface area contributed by atoms with E-state index in [0.717, 1.165) is 16.2 Å². The molecule has 1 aromatic heterocycles. The average Bonchev–Trinajstić information content (AvgIpc) is 2.87. The van der Waals surface area contributed by atoms with Crippen molar-refractivity contribution in [2.45, 2.75) is 24.3 Å². The average molecular weight is 478 g/mol. The zero-order chi connectivity index (χ0) is 23.7. The van der Waals surface area contributed by atoms with Gasteiger partial charge in [-0.15, -0.1) is 0 Å². The molecule has 2 heterocycles. The number of fused-ring (bicyclic) bond motifs is 3. The molecule has 1 saturated heterocycles. The van der Waals surface area contributed by atoms with E-state index in [4.69, 9.17) is 9.15 Å². The summed E-state index contributed by atoms with van der Waals surface area (Å²) >= 11 is 0. The Labute approximate surface area is 196 Å². The molecule has 3 aromatic carbocycles. The lowest BCUT2D eigenvalue weighted by molar-refractivity contribution is -0.151. The molecular formula is C26H23NO6S. The molecule has 7 nitrogen and oxygen atoms in total. The predicted octanol–water partition coefficient (Wildman–Crippen LogP) is 4.09. The molecule has 0 radical (unpaired) electrons. The normalized spacial score (nSPS) is 15.5. The number of ether oxygens (including phenoxy) is 1. The number of rotatable bonds is 5. The maximum atomic E-state index is 12.8. The van der Waals surface area contributed by atoms with Gasteiger partial charge in [0.2, 0.25) is 10.0 Å². The van der Waals surface area contributed by atoms with E-state index in [-0.39, 0.29) is 24.6 Å². The lowest BCUT2D eigenvalue weighted by Crippen LogP contribution is -2.40. The van der Waals surface area contributed by atoms with Gasteiger partial charge in [0.05, 0.1) is 10.8 Å². The van der Waals surface area contributed by atoms with Crippen LogP contribution in [0.25, 0.3) is 21.7 Å². The fourth-order valence-electron chi connectivity index (χ4n) is 4.47. The molecule has 0 saturated carbocycles. The van der Waals surface area contributed by atoms with Gasteiger partial charge in [0.15, 0.2) is 0 Å². The zero-order valence-electron chi connectivity index (χ0n) is 18.3. The topological polar surface area (TPSA) is 93.9 Å². The van der Waals surface area contributed by atoms with Crippen molar-refractivity contribution in [2.24, 2.45) is 5.92 Å². The summed E-state index contributed by atoms with van der Waals surface area (Å²) in [5.41, 5.74) is 0.519. The zero-order valence-corrected chi connectivity index (χ0v) is 19.2. The van der Waals surface area contributed by atoms with E-state index >= 15 is 0 Å². The summed E-state index contributed by atoms with van der Waals surface area (Å²) in [4.78, 5) is 25.1. The minimum absolute atomic E-state index is 0.0581. The van der Waals surface area contributed by atoms with Crippen molar-refractivity contribution < 1.29 is 22.4 Å². The van der Waals surface area contributed by atoms with Gasteiger partial charge < -0.3 is 9.15 Å². The summed E-state index contributed by atoms with van der Waals surface area (Å²) in [6.07, 6.45) is 0.761. The molecule has 4 aromatic rings. The number of hydrogen-bond acceptors (Lipinski definition) is 6. The van der Waals surface area contributed by atoms with Crippen molar-refractivity contribution in [2.75, 3.05) is 13.1 Å². The monoisotopic (exact) mass is 477 g/mol. The second-order valence-corrected chi connectivity index (χ2v) is 10.3. The van der Waals surface area contributed by atoms with E-state index in [9.17, 15) is 18.0 Å². The van der Waals surface area contributed by atoms with E-state index in [1.54, 1.807) is 36.4 Å². The highest BCUT2D eigenvalue weighted by Crippen LogP contribution is 2.29. The second kappa shape index (κ2) is 9.04. The molecule has 1 aliphatic heterocycles. The number of carbonyl (C=O) groups is 1. The highest BCUT2D eigenvalue weighted by atomic mass is 32.2. The van der Waals surface area contributed by atoms with Crippen LogP contribution >= 0.6 is 0 Å². The largest absolute Gasteiger partial charge is 0.461 e. The Morgan fingerprint density at radius 3 is 2.44 bits per heavy atom. The number of carbonyl (C=O) groups excluding carboxylic acids is 1. The van der Waals surface area contributed by atoms with Crippen LogP contribution in [0, 0.1) is 5.92 Å². The maximum Gasteiger partial charge on any atom is 0.336 e. The van der Waals surface area contributed by atoms with Crippen molar-refractivity contribution in [3.8, 4) is 0 Å². The maximum absolute atomic E-state index is 12.8. The van der Waals surface area contributed by atoms with Crippen LogP contribution in [0.2, 0.25) is 0 Å². The van der Waals surface area contributed by atoms with Crippen molar-refractivity contribution in [3.63, 3.8) is 0 Å². The summed E-state index contributed by atoms with van der Waals surface area (Å²) in [5, 5.41) is 2.65. The van der Waals surface area contributed by atoms with Crippen molar-refractivity contribution in [1.29, 1.82) is 0 Å². The van der Waals surface area contributed by atoms with Gasteiger partial charge in [0.25, 0.3) is 0 Å². The minimum atomic E-state index is -3.58. The third-order valence-corrected chi connectivity index (χ3v) is 8.17. The standard InChI is InChI=1S/C26H23NO6S/c28-24-16-20(25-22-9-5-4-6-18(22)10-11-23(25)33-24)17-32-26(29)19-12-14-27(15-13-19)34(30,31)21-7-2-1-3-8-21/h1-11,16,19H,12-15,17H2. The molecule has 34 heavy (non-hydrogen) atoms. The Kier molecular flexibility index (Phi) is 5.93. The summed E-state index contributed by atoms with van der Waals surface area (Å²) < 4.78 is 38.0. The van der Waals surface area contributed by atoms with Gasteiger partial charge in [-0.25, -0.2) is 13.2 Å². The Bertz CT molecular complexity index is 1520. The number of benzene rings is 3. The molecule has 8 heteroatoms. The van der Waals surface area contributed by atoms with E-state index in [2.05, 4.69) is 0 Å². The van der Waals surface area contributed by atoms with Gasteiger partial charge in [-0.1, -0.05) is 48.5 Å². The van der Waals surface area contributed by atoms with Crippen LogP contribution in [0.4, 0.5) is 0 Å². The fourth-order valence-corrected chi connectivity index (χ4v) is 5.96. The number of hydrogen-bond donors (Lipinski definition) is 0. The van der Waals surface area contributed by atoms with Crippen LogP contribution < -0.4 is 5.63 Å². The van der Waals surface area contributed by atoms with Gasteiger partial charge in [0, 0.05) is 30.1 Å². The molecule has 0 amide bonds. The Hall–Kier alpha value is -3.49. The predicted molar refractivity (Wildman–Crippen MR) is 128 cm³/mol. The minimum Gasteiger partial charge on any atom is -0.461 e. The molecule has 1 fully saturated rings. The first-order valence-electron chi connectivity index (χ1n) is 11.1. The Morgan fingerprint density at radius 1 is 0.971 bits per heavy atom. The lowest BCUT2D eigenvalue weighted by Gasteiger charge is -2.30. The van der Waals surface area contributed by atoms with E-state index in [1.807, 2.05) is 30.3 Å². The molecular weight excluding hydrogens is 454 g/mol. The lowest BCUT2D eigenvalue weighted by atomic mass is 9.98. The van der Waals surface area contributed by atoms with Gasteiger partial charge in [-0.2, -0.15) is 4.31 Å². The summed E-state index contributed by atoms with van der Waals surface area (Å²) in [7, 11) is -3.58. The molecule has 0 spiro atoms. The Morgan fingerprint density at radius 2 is 1.68 bits per heavy atom. The molecule has 0 unspecified atom stereocenters. The highest BCUT2D eigenvalue weighted by molar-refractivity contribution is 7.89. The van der Waals surface area contributed by atoms with Crippen LogP contribution in [-0.2, 0) is 26.2 Å². The quantitative estimate of drug-likeness (QED) is 0.244. The van der Waals surface area contributed by atoms with Crippen molar-refractivity contribution in [1.82, 2.24) is 4.31 Å². The number of esters is 1. The summed E-state index contributed by atoms with van der Waals surface area (Å²) in [6, 6.07) is 21.0. The van der Waals surface area contributed by atoms with Crippen LogP contribution in [0.1, 0.15) is 18.4 Å². The molecule has 0 aliphatic carbocycles. The first-order valence-corrected chi connectivity index (χ1v) is 12.5. The smallest absolute Gasteiger partial charge is 0.336 e. The third kappa shape index (κ3) is 4.22. The van der Waals surface area contributed by atoms with Crippen molar-refractivity contribution in [3.05, 3.63) is 88.8 Å². The molecule has 0 atom stereocenters. The van der Waals surface area contributed by atoms with Crippen LogP contribution in [0.5, 0.6) is 0 Å². The fraction of sp³-hybridized carbons (Fsp3) is 0.231. The van der Waals surface area contributed by atoms with Crippen LogP contribution in [0.3, 0.4) is 0 Å². The van der Waals surface area contributed by atoms with Gasteiger partial charge >= 0.3 is 11.6 Å². The van der Waals surface area contributed by atoms with E-state index < -0.39 is 27.5 Å². The third-order valence-electron chi connectivity index (χ3n) is 6.25. The van der Waals surface area contributed by atoms with Gasteiger partial charge in [-0.3, -0.25) is 4.79 Å². The number of sulfonamides is 1. The molecule has 5 rings (SSSR count). The highest BCUT2D eigenvalue weighted by Gasteiger charge is 2.32. The van der Waals surface area contributed by atoms with E-state index in [0.29, 0.717) is 24.0 Å². The molecule has 1 aliphatic rings. The van der Waals surface area contributed by atoms with E-state index in [1.165, 1.54) is 10.4 Å². The SMILES string of the molecule is O=C(OCc1cc(=O)oc2ccc3ccccc3c12)C1CCN(S(=O)(=O)c2ccccc2)CC1. The number of nitrogens with zero attached hydrogens (tertiary/aromatic N) is 1. The summed E-state index contributed by atoms with van der Waals surface area (Å²) in [6.45, 7) is 0.441. The summed E-state index contributed by atoms with van der Waals surface area (Å²) in [5.74, 6) is -0.788. The number of piperidine rings is 1.